The number of carbonyl (C=O) groups is 1. The maximum absolute atomic E-state index is 12.7. The molecule has 0 saturated carbocycles. The van der Waals surface area contributed by atoms with Gasteiger partial charge >= 0.3 is 18.7 Å². The monoisotopic (exact) mass is 622 g/mol. The number of benzene rings is 3. The van der Waals surface area contributed by atoms with Gasteiger partial charge in [-0.15, -0.1) is 38.1 Å². The third-order valence-electron chi connectivity index (χ3n) is 4.55. The zero-order valence-electron chi connectivity index (χ0n) is 19.0. The van der Waals surface area contributed by atoms with Crippen LogP contribution >= 0.6 is 27.7 Å². The van der Waals surface area contributed by atoms with Crippen LogP contribution in [-0.2, 0) is 4.79 Å². The molecule has 0 radical (unpaired) electrons. The van der Waals surface area contributed by atoms with Crippen molar-refractivity contribution in [2.45, 2.75) is 17.6 Å². The van der Waals surface area contributed by atoms with Gasteiger partial charge in [0.15, 0.2) is 6.61 Å². The largest absolute Gasteiger partial charge is 0.573 e. The van der Waals surface area contributed by atoms with Crippen LogP contribution in [0.25, 0.3) is 5.57 Å². The number of alkyl halides is 6. The molecule has 202 valence electrons. The van der Waals surface area contributed by atoms with Crippen molar-refractivity contribution in [3.63, 3.8) is 0 Å². The molecule has 0 atom stereocenters. The lowest BCUT2D eigenvalue weighted by Gasteiger charge is -2.14. The van der Waals surface area contributed by atoms with Crippen LogP contribution in [0.4, 0.5) is 26.3 Å². The minimum Gasteiger partial charge on any atom is -0.482 e. The number of hydrogen-bond donors (Lipinski definition) is 1. The lowest BCUT2D eigenvalue weighted by Crippen LogP contribution is -2.17. The first kappa shape index (κ1) is 29.2. The minimum absolute atomic E-state index is 0.262. The van der Waals surface area contributed by atoms with E-state index >= 15 is 0 Å². The second kappa shape index (κ2) is 12.5. The van der Waals surface area contributed by atoms with E-state index < -0.39 is 36.8 Å². The molecule has 0 aliphatic carbocycles. The molecule has 0 amide bonds. The van der Waals surface area contributed by atoms with Gasteiger partial charge in [0.05, 0.1) is 0 Å². The smallest absolute Gasteiger partial charge is 0.482 e. The van der Waals surface area contributed by atoms with Crippen LogP contribution in [0.3, 0.4) is 0 Å². The van der Waals surface area contributed by atoms with Crippen LogP contribution < -0.4 is 14.2 Å². The van der Waals surface area contributed by atoms with E-state index in [1.807, 2.05) is 0 Å². The number of ether oxygens (including phenoxy) is 3. The van der Waals surface area contributed by atoms with Gasteiger partial charge in [-0.3, -0.25) is 0 Å². The van der Waals surface area contributed by atoms with Crippen molar-refractivity contribution in [1.82, 2.24) is 0 Å². The Kier molecular flexibility index (Phi) is 9.60. The Morgan fingerprint density at radius 3 is 1.87 bits per heavy atom. The van der Waals surface area contributed by atoms with Crippen molar-refractivity contribution < 1.29 is 50.5 Å². The molecule has 0 spiro atoms. The highest BCUT2D eigenvalue weighted by atomic mass is 79.9. The van der Waals surface area contributed by atoms with Gasteiger partial charge in [-0.1, -0.05) is 30.3 Å². The number of rotatable bonds is 10. The summed E-state index contributed by atoms with van der Waals surface area (Å²) in [5, 5.41) is 8.73. The summed E-state index contributed by atoms with van der Waals surface area (Å²) in [5.74, 6) is -1.53. The van der Waals surface area contributed by atoms with Crippen molar-refractivity contribution in [3.05, 3.63) is 88.4 Å². The van der Waals surface area contributed by atoms with Crippen LogP contribution in [0.2, 0.25) is 0 Å². The van der Waals surface area contributed by atoms with Gasteiger partial charge in [0, 0.05) is 15.1 Å². The Morgan fingerprint density at radius 1 is 0.842 bits per heavy atom. The molecule has 3 aromatic rings. The number of hydrogen-bond acceptors (Lipinski definition) is 5. The van der Waals surface area contributed by atoms with Crippen molar-refractivity contribution in [1.29, 1.82) is 0 Å². The first-order chi connectivity index (χ1) is 17.8. The van der Waals surface area contributed by atoms with E-state index in [9.17, 15) is 31.1 Å². The molecular formula is C25H17BrF6O5S. The zero-order valence-corrected chi connectivity index (χ0v) is 21.4. The third-order valence-corrected chi connectivity index (χ3v) is 6.47. The zero-order chi connectivity index (χ0) is 27.9. The van der Waals surface area contributed by atoms with Crippen LogP contribution in [0.5, 0.6) is 17.2 Å². The predicted octanol–water partition coefficient (Wildman–Crippen LogP) is 7.93. The van der Waals surface area contributed by atoms with Gasteiger partial charge in [0.25, 0.3) is 0 Å². The Bertz CT molecular complexity index is 1250. The lowest BCUT2D eigenvalue weighted by atomic mass is 9.97. The summed E-state index contributed by atoms with van der Waals surface area (Å²) < 4.78 is 90.2. The standard InChI is InChI=1S/C25H17BrF6O5S/c26-21-13-17(35-14-23(33)34)7-8-22(21)38-10-9-20(15-3-1-5-18(11-15)36-24(27,28)29)16-4-2-6-19(12-16)37-25(30,31)32/h1-9,11-13H,10,14H2,(H,33,34). The van der Waals surface area contributed by atoms with Gasteiger partial charge in [-0.05, 0) is 75.1 Å². The lowest BCUT2D eigenvalue weighted by molar-refractivity contribution is -0.275. The minimum atomic E-state index is -4.93. The van der Waals surface area contributed by atoms with Crippen molar-refractivity contribution in [2.75, 3.05) is 12.4 Å². The number of aliphatic carboxylic acids is 1. The molecule has 13 heteroatoms. The summed E-state index contributed by atoms with van der Waals surface area (Å²) in [6.45, 7) is -0.515. The second-order valence-corrected chi connectivity index (χ2v) is 9.27. The summed E-state index contributed by atoms with van der Waals surface area (Å²) in [4.78, 5) is 11.4. The first-order valence-corrected chi connectivity index (χ1v) is 12.3. The normalized spacial score (nSPS) is 11.6. The van der Waals surface area contributed by atoms with Crippen molar-refractivity contribution >= 4 is 39.2 Å². The maximum atomic E-state index is 12.7. The molecule has 5 nitrogen and oxygen atoms in total. The fourth-order valence-corrected chi connectivity index (χ4v) is 4.66. The van der Waals surface area contributed by atoms with E-state index in [0.717, 1.165) is 29.2 Å². The molecule has 3 aromatic carbocycles. The van der Waals surface area contributed by atoms with E-state index in [2.05, 4.69) is 25.4 Å². The summed E-state index contributed by atoms with van der Waals surface area (Å²) >= 11 is 4.68. The van der Waals surface area contributed by atoms with Crippen molar-refractivity contribution in [2.24, 2.45) is 0 Å². The summed E-state index contributed by atoms with van der Waals surface area (Å²) in [6, 6.07) is 15.0. The van der Waals surface area contributed by atoms with E-state index in [-0.39, 0.29) is 16.9 Å². The van der Waals surface area contributed by atoms with Gasteiger partial charge in [0.2, 0.25) is 0 Å². The fourth-order valence-electron chi connectivity index (χ4n) is 3.17. The van der Waals surface area contributed by atoms with Gasteiger partial charge in [-0.2, -0.15) is 0 Å². The highest BCUT2D eigenvalue weighted by Crippen LogP contribution is 2.35. The molecule has 0 aromatic heterocycles. The van der Waals surface area contributed by atoms with E-state index in [0.29, 0.717) is 15.8 Å². The molecule has 0 saturated heterocycles. The highest BCUT2D eigenvalue weighted by molar-refractivity contribution is 9.10. The number of halogens is 7. The molecule has 0 fully saturated rings. The molecular weight excluding hydrogens is 606 g/mol. The van der Waals surface area contributed by atoms with Crippen LogP contribution in [0.1, 0.15) is 11.1 Å². The summed E-state index contributed by atoms with van der Waals surface area (Å²) in [6.07, 6.45) is -8.21. The quantitative estimate of drug-likeness (QED) is 0.183. The van der Waals surface area contributed by atoms with Crippen LogP contribution in [0, 0.1) is 0 Å². The second-order valence-electron chi connectivity index (χ2n) is 7.35. The molecule has 1 N–H and O–H groups in total. The molecule has 0 bridgehead atoms. The highest BCUT2D eigenvalue weighted by Gasteiger charge is 2.32. The first-order valence-electron chi connectivity index (χ1n) is 10.5. The Labute approximate surface area is 225 Å². The van der Waals surface area contributed by atoms with Gasteiger partial charge < -0.3 is 19.3 Å². The van der Waals surface area contributed by atoms with Crippen LogP contribution in [0.15, 0.2) is 82.2 Å². The Balaban J connectivity index is 1.91. The summed E-state index contributed by atoms with van der Waals surface area (Å²) in [5.41, 5.74) is 0.885. The molecule has 38 heavy (non-hydrogen) atoms. The van der Waals surface area contributed by atoms with Crippen molar-refractivity contribution in [3.8, 4) is 17.2 Å². The fraction of sp³-hybridized carbons (Fsp3) is 0.160. The number of thioether (sulfide) groups is 1. The number of carboxylic acid groups (broad SMARTS) is 1. The topological polar surface area (TPSA) is 65.0 Å². The Morgan fingerprint density at radius 2 is 1.39 bits per heavy atom. The van der Waals surface area contributed by atoms with Crippen LogP contribution in [-0.4, -0.2) is 36.2 Å². The molecule has 0 unspecified atom stereocenters. The van der Waals surface area contributed by atoms with Gasteiger partial charge in [0.1, 0.15) is 17.2 Å². The SMILES string of the molecule is O=C(O)COc1ccc(SCC=C(c2cccc(OC(F)(F)F)c2)c2cccc(OC(F)(F)F)c2)c(Br)c1. The maximum Gasteiger partial charge on any atom is 0.573 e. The van der Waals surface area contributed by atoms with Gasteiger partial charge in [-0.25, -0.2) is 4.79 Å². The number of carboxylic acids is 1. The average molecular weight is 623 g/mol. The average Bonchev–Trinajstić information content (AvgIpc) is 2.79. The molecule has 0 aliphatic rings. The molecule has 0 heterocycles. The van der Waals surface area contributed by atoms with E-state index in [1.54, 1.807) is 24.3 Å². The Hall–Kier alpha value is -3.32. The van der Waals surface area contributed by atoms with E-state index in [4.69, 9.17) is 9.84 Å². The molecule has 3 rings (SSSR count). The van der Waals surface area contributed by atoms with E-state index in [1.165, 1.54) is 36.0 Å². The third kappa shape index (κ3) is 9.53. The molecule has 0 aliphatic heterocycles. The summed E-state index contributed by atoms with van der Waals surface area (Å²) in [7, 11) is 0. The predicted molar refractivity (Wildman–Crippen MR) is 131 cm³/mol.